The lowest BCUT2D eigenvalue weighted by molar-refractivity contribution is -0.113. The van der Waals surface area contributed by atoms with Gasteiger partial charge in [-0.05, 0) is 18.6 Å². The maximum atomic E-state index is 12.0. The molecular formula is C18H20N2O4S2. The molecule has 6 nitrogen and oxygen atoms in total. The lowest BCUT2D eigenvalue weighted by Crippen LogP contribution is -2.24. The van der Waals surface area contributed by atoms with Gasteiger partial charge in [0.2, 0.25) is 5.91 Å². The summed E-state index contributed by atoms with van der Waals surface area (Å²) in [4.78, 5) is 16.3. The fourth-order valence-electron chi connectivity index (χ4n) is 2.55. The third kappa shape index (κ3) is 4.70. The topological polar surface area (TPSA) is 89.3 Å². The number of anilines is 1. The van der Waals surface area contributed by atoms with Gasteiger partial charge in [-0.15, -0.1) is 11.3 Å². The smallest absolute Gasteiger partial charge is 0.241 e. The van der Waals surface area contributed by atoms with Gasteiger partial charge in [0, 0.05) is 10.8 Å². The number of rotatable bonds is 8. The number of aromatic nitrogens is 1. The van der Waals surface area contributed by atoms with Crippen molar-refractivity contribution in [1.29, 1.82) is 0 Å². The van der Waals surface area contributed by atoms with Gasteiger partial charge >= 0.3 is 0 Å². The zero-order valence-electron chi connectivity index (χ0n) is 14.4. The summed E-state index contributed by atoms with van der Waals surface area (Å²) in [7, 11) is -3.39. The Hall–Kier alpha value is -2.19. The summed E-state index contributed by atoms with van der Waals surface area (Å²) in [5.41, 5.74) is 1.37. The van der Waals surface area contributed by atoms with Gasteiger partial charge in [0.1, 0.15) is 17.0 Å². The minimum atomic E-state index is -3.39. The van der Waals surface area contributed by atoms with Crippen molar-refractivity contribution in [3.63, 3.8) is 0 Å². The van der Waals surface area contributed by atoms with E-state index >= 15 is 0 Å². The van der Waals surface area contributed by atoms with Crippen LogP contribution in [0.15, 0.2) is 40.1 Å². The molecule has 0 saturated heterocycles. The Morgan fingerprint density at radius 2 is 2.08 bits per heavy atom. The number of thiazole rings is 1. The number of sulfone groups is 1. The first-order valence-corrected chi connectivity index (χ1v) is 11.1. The molecule has 0 aliphatic rings. The average Bonchev–Trinajstić information content (AvgIpc) is 3.20. The molecule has 8 heteroatoms. The predicted octanol–water partition coefficient (Wildman–Crippen LogP) is 4.10. The summed E-state index contributed by atoms with van der Waals surface area (Å²) >= 11 is 1.23. The van der Waals surface area contributed by atoms with Crippen LogP contribution in [0.1, 0.15) is 26.2 Å². The Labute approximate surface area is 156 Å². The second-order valence-corrected chi connectivity index (χ2v) is 9.08. The maximum absolute atomic E-state index is 12.0. The number of benzene rings is 1. The Balaban J connectivity index is 1.63. The number of hydrogen-bond acceptors (Lipinski definition) is 6. The number of carbonyl (C=O) groups excluding carboxylic acids is 1. The van der Waals surface area contributed by atoms with Crippen molar-refractivity contribution in [3.8, 4) is 11.5 Å². The molecule has 26 heavy (non-hydrogen) atoms. The van der Waals surface area contributed by atoms with Crippen LogP contribution in [-0.4, -0.2) is 30.8 Å². The van der Waals surface area contributed by atoms with E-state index in [-0.39, 0.29) is 5.75 Å². The van der Waals surface area contributed by atoms with E-state index in [2.05, 4.69) is 10.3 Å². The first kappa shape index (κ1) is 18.6. The van der Waals surface area contributed by atoms with Gasteiger partial charge in [-0.25, -0.2) is 13.4 Å². The molecule has 0 atom stereocenters. The average molecular weight is 393 g/mol. The number of amides is 1. The highest BCUT2D eigenvalue weighted by molar-refractivity contribution is 7.92. The standard InChI is InChI=1S/C18H20N2O4S2/c1-2-3-6-9-26(22,23)12-17(21)20-18-19-14(11-25-18)16-10-13-7-4-5-8-15(13)24-16/h4-5,7-8,10-11H,2-3,6,9,12H2,1H3,(H,19,20,21). The van der Waals surface area contributed by atoms with Crippen molar-refractivity contribution in [2.24, 2.45) is 0 Å². The van der Waals surface area contributed by atoms with Gasteiger partial charge in [0.15, 0.2) is 20.7 Å². The first-order valence-electron chi connectivity index (χ1n) is 8.41. The normalized spacial score (nSPS) is 11.7. The lowest BCUT2D eigenvalue weighted by Gasteiger charge is -2.03. The molecule has 1 N–H and O–H groups in total. The molecule has 2 aromatic heterocycles. The van der Waals surface area contributed by atoms with Crippen LogP contribution in [0.4, 0.5) is 5.13 Å². The van der Waals surface area contributed by atoms with Crippen LogP contribution in [0.3, 0.4) is 0 Å². The van der Waals surface area contributed by atoms with Gasteiger partial charge in [0.05, 0.1) is 5.75 Å². The molecule has 3 aromatic rings. The summed E-state index contributed by atoms with van der Waals surface area (Å²) in [5.74, 6) is -0.436. The molecule has 0 radical (unpaired) electrons. The van der Waals surface area contributed by atoms with Crippen LogP contribution in [0.25, 0.3) is 22.4 Å². The highest BCUT2D eigenvalue weighted by Crippen LogP contribution is 2.30. The van der Waals surface area contributed by atoms with Crippen LogP contribution < -0.4 is 5.32 Å². The van der Waals surface area contributed by atoms with Crippen molar-refractivity contribution < 1.29 is 17.6 Å². The fraction of sp³-hybridized carbons (Fsp3) is 0.333. The molecule has 0 bridgehead atoms. The minimum Gasteiger partial charge on any atom is -0.454 e. The molecule has 3 rings (SSSR count). The predicted molar refractivity (Wildman–Crippen MR) is 104 cm³/mol. The molecule has 0 saturated carbocycles. The van der Waals surface area contributed by atoms with Crippen molar-refractivity contribution >= 4 is 43.2 Å². The number of nitrogens with zero attached hydrogens (tertiary/aromatic N) is 1. The molecule has 0 unspecified atom stereocenters. The van der Waals surface area contributed by atoms with Gasteiger partial charge in [-0.2, -0.15) is 0 Å². The Morgan fingerprint density at radius 3 is 2.85 bits per heavy atom. The quantitative estimate of drug-likeness (QED) is 0.583. The van der Waals surface area contributed by atoms with E-state index < -0.39 is 21.5 Å². The Morgan fingerprint density at radius 1 is 1.27 bits per heavy atom. The first-order chi connectivity index (χ1) is 12.5. The van der Waals surface area contributed by atoms with Gasteiger partial charge in [-0.3, -0.25) is 4.79 Å². The number of nitrogens with one attached hydrogen (secondary N) is 1. The molecule has 2 heterocycles. The lowest BCUT2D eigenvalue weighted by atomic mass is 10.2. The van der Waals surface area contributed by atoms with E-state index in [9.17, 15) is 13.2 Å². The molecule has 0 aliphatic heterocycles. The highest BCUT2D eigenvalue weighted by Gasteiger charge is 2.18. The number of unbranched alkanes of at least 4 members (excludes halogenated alkanes) is 2. The van der Waals surface area contributed by atoms with E-state index in [0.717, 1.165) is 23.8 Å². The van der Waals surface area contributed by atoms with E-state index in [4.69, 9.17) is 4.42 Å². The summed E-state index contributed by atoms with van der Waals surface area (Å²) in [6, 6.07) is 9.52. The van der Waals surface area contributed by atoms with E-state index in [1.165, 1.54) is 11.3 Å². The second-order valence-electron chi connectivity index (χ2n) is 6.03. The van der Waals surface area contributed by atoms with E-state index in [1.807, 2.05) is 37.3 Å². The van der Waals surface area contributed by atoms with Crippen LogP contribution in [0.5, 0.6) is 0 Å². The second kappa shape index (κ2) is 8.01. The van der Waals surface area contributed by atoms with Gasteiger partial charge in [-0.1, -0.05) is 38.0 Å². The fourth-order valence-corrected chi connectivity index (χ4v) is 4.53. The van der Waals surface area contributed by atoms with Crippen molar-refractivity contribution in [3.05, 3.63) is 35.7 Å². The Bertz CT molecular complexity index is 972. The number of hydrogen-bond donors (Lipinski definition) is 1. The monoisotopic (exact) mass is 392 g/mol. The van der Waals surface area contributed by atoms with Crippen LogP contribution in [0.2, 0.25) is 0 Å². The van der Waals surface area contributed by atoms with Gasteiger partial charge < -0.3 is 9.73 Å². The van der Waals surface area contributed by atoms with Crippen LogP contribution >= 0.6 is 11.3 Å². The summed E-state index contributed by atoms with van der Waals surface area (Å²) in [6.07, 6.45) is 2.36. The molecule has 0 fully saturated rings. The highest BCUT2D eigenvalue weighted by atomic mass is 32.2. The summed E-state index contributed by atoms with van der Waals surface area (Å²) < 4.78 is 29.6. The number of fused-ring (bicyclic) bond motifs is 1. The number of furan rings is 1. The maximum Gasteiger partial charge on any atom is 0.241 e. The van der Waals surface area contributed by atoms with Crippen LogP contribution in [-0.2, 0) is 14.6 Å². The molecule has 1 amide bonds. The van der Waals surface area contributed by atoms with Gasteiger partial charge in [0.25, 0.3) is 0 Å². The third-order valence-corrected chi connectivity index (χ3v) is 6.21. The van der Waals surface area contributed by atoms with Crippen molar-refractivity contribution in [2.45, 2.75) is 26.2 Å². The molecule has 0 spiro atoms. The van der Waals surface area contributed by atoms with E-state index in [1.54, 1.807) is 5.38 Å². The van der Waals surface area contributed by atoms with Crippen LogP contribution in [0, 0.1) is 0 Å². The Kier molecular flexibility index (Phi) is 5.73. The number of para-hydroxylation sites is 1. The SMILES string of the molecule is CCCCCS(=O)(=O)CC(=O)Nc1nc(-c2cc3ccccc3o2)cs1. The van der Waals surface area contributed by atoms with E-state index in [0.29, 0.717) is 23.0 Å². The molecular weight excluding hydrogens is 372 g/mol. The third-order valence-electron chi connectivity index (χ3n) is 3.84. The molecule has 138 valence electrons. The summed E-state index contributed by atoms with van der Waals surface area (Å²) in [6.45, 7) is 2.00. The zero-order chi connectivity index (χ0) is 18.6. The molecule has 1 aromatic carbocycles. The van der Waals surface area contributed by atoms with Crippen molar-refractivity contribution in [2.75, 3.05) is 16.8 Å². The number of carbonyl (C=O) groups is 1. The molecule has 0 aliphatic carbocycles. The summed E-state index contributed by atoms with van der Waals surface area (Å²) in [5, 5.41) is 5.65. The largest absolute Gasteiger partial charge is 0.454 e. The zero-order valence-corrected chi connectivity index (χ0v) is 16.0. The minimum absolute atomic E-state index is 0.0381. The van der Waals surface area contributed by atoms with Crippen molar-refractivity contribution in [1.82, 2.24) is 4.98 Å².